The van der Waals surface area contributed by atoms with E-state index in [9.17, 15) is 10.1 Å². The molecule has 0 aliphatic heterocycles. The Labute approximate surface area is 75.4 Å². The van der Waals surface area contributed by atoms with Gasteiger partial charge >= 0.3 is 0 Å². The maximum Gasteiger partial charge on any atom is 0.274 e. The van der Waals surface area contributed by atoms with Crippen molar-refractivity contribution in [3.8, 4) is 0 Å². The van der Waals surface area contributed by atoms with Crippen molar-refractivity contribution in [1.29, 1.82) is 0 Å². The first-order valence-corrected chi connectivity index (χ1v) is 3.09. The Morgan fingerprint density at radius 2 is 2.00 bits per heavy atom. The van der Waals surface area contributed by atoms with Crippen molar-refractivity contribution in [2.45, 2.75) is 6.61 Å². The quantitative estimate of drug-likeness (QED) is 0.567. The molecule has 0 heterocycles. The molecule has 1 rings (SSSR count). The zero-order valence-electron chi connectivity index (χ0n) is 6.14. The largest absolute Gasteiger partial charge is 0.391 e. The molecule has 1 N–H and O–H groups in total. The van der Waals surface area contributed by atoms with Gasteiger partial charge in [0.1, 0.15) is 0 Å². The molecular formula is C7H8ClNO3. The number of halogens is 1. The van der Waals surface area contributed by atoms with Crippen LogP contribution in [-0.4, -0.2) is 10.0 Å². The van der Waals surface area contributed by atoms with E-state index >= 15 is 0 Å². The number of para-hydroxylation sites is 1. The second-order valence-corrected chi connectivity index (χ2v) is 2.04. The van der Waals surface area contributed by atoms with Crippen molar-refractivity contribution in [3.63, 3.8) is 0 Å². The Hall–Kier alpha value is -1.13. The highest BCUT2D eigenvalue weighted by molar-refractivity contribution is 5.85. The second kappa shape index (κ2) is 4.69. The highest BCUT2D eigenvalue weighted by Crippen LogP contribution is 2.16. The monoisotopic (exact) mass is 189 g/mol. The van der Waals surface area contributed by atoms with Gasteiger partial charge in [-0.1, -0.05) is 12.1 Å². The molecule has 4 nitrogen and oxygen atoms in total. The molecule has 1 aromatic rings. The Balaban J connectivity index is 0.00000121. The number of benzene rings is 1. The van der Waals surface area contributed by atoms with E-state index in [0.29, 0.717) is 5.56 Å². The summed E-state index contributed by atoms with van der Waals surface area (Å²) in [6.45, 7) is -0.294. The summed E-state index contributed by atoms with van der Waals surface area (Å²) < 4.78 is 0. The summed E-state index contributed by atoms with van der Waals surface area (Å²) in [7, 11) is 0. The molecule has 0 aliphatic rings. The van der Waals surface area contributed by atoms with Gasteiger partial charge in [0.15, 0.2) is 0 Å². The fraction of sp³-hybridized carbons (Fsp3) is 0.143. The van der Waals surface area contributed by atoms with Gasteiger partial charge in [0.25, 0.3) is 5.69 Å². The second-order valence-electron chi connectivity index (χ2n) is 2.04. The zero-order chi connectivity index (χ0) is 8.27. The number of hydrogen-bond donors (Lipinski definition) is 1. The molecule has 0 saturated heterocycles. The number of aliphatic hydroxyl groups is 1. The van der Waals surface area contributed by atoms with E-state index in [-0.39, 0.29) is 24.7 Å². The number of nitro groups is 1. The molecule has 12 heavy (non-hydrogen) atoms. The first kappa shape index (κ1) is 10.9. The predicted molar refractivity (Wildman–Crippen MR) is 46.3 cm³/mol. The number of nitrogens with zero attached hydrogens (tertiary/aromatic N) is 1. The van der Waals surface area contributed by atoms with Gasteiger partial charge in [0, 0.05) is 6.07 Å². The van der Waals surface area contributed by atoms with E-state index in [1.165, 1.54) is 12.1 Å². The molecule has 66 valence electrons. The van der Waals surface area contributed by atoms with Crippen LogP contribution in [0.3, 0.4) is 0 Å². The van der Waals surface area contributed by atoms with E-state index in [1.54, 1.807) is 12.1 Å². The Morgan fingerprint density at radius 1 is 1.42 bits per heavy atom. The lowest BCUT2D eigenvalue weighted by Gasteiger charge is -1.96. The summed E-state index contributed by atoms with van der Waals surface area (Å²) in [5.74, 6) is 0. The lowest BCUT2D eigenvalue weighted by Crippen LogP contribution is -1.93. The maximum atomic E-state index is 10.3. The Bertz CT molecular complexity index is 277. The Kier molecular flexibility index (Phi) is 4.25. The van der Waals surface area contributed by atoms with E-state index in [4.69, 9.17) is 5.11 Å². The average Bonchev–Trinajstić information content (AvgIpc) is 2.04. The summed E-state index contributed by atoms with van der Waals surface area (Å²) in [6, 6.07) is 6.11. The molecule has 1 aromatic carbocycles. The van der Waals surface area contributed by atoms with Crippen LogP contribution in [-0.2, 0) is 6.61 Å². The van der Waals surface area contributed by atoms with Crippen molar-refractivity contribution in [3.05, 3.63) is 39.9 Å². The van der Waals surface area contributed by atoms with Gasteiger partial charge in [-0.2, -0.15) is 0 Å². The minimum Gasteiger partial charge on any atom is -0.391 e. The lowest BCUT2D eigenvalue weighted by molar-refractivity contribution is -0.385. The fourth-order valence-corrected chi connectivity index (χ4v) is 0.823. The number of hydrogen-bond acceptors (Lipinski definition) is 3. The summed E-state index contributed by atoms with van der Waals surface area (Å²) >= 11 is 0. The summed E-state index contributed by atoms with van der Waals surface area (Å²) in [5, 5.41) is 18.9. The van der Waals surface area contributed by atoms with Crippen molar-refractivity contribution in [2.75, 3.05) is 0 Å². The molecule has 0 unspecified atom stereocenters. The zero-order valence-corrected chi connectivity index (χ0v) is 6.95. The highest BCUT2D eigenvalue weighted by Gasteiger charge is 2.09. The first-order valence-electron chi connectivity index (χ1n) is 3.09. The average molecular weight is 190 g/mol. The third kappa shape index (κ3) is 2.18. The number of aliphatic hydroxyl groups excluding tert-OH is 1. The SMILES string of the molecule is Cl.O=[N+]([O-])c1ccccc1CO. The Morgan fingerprint density at radius 3 is 2.42 bits per heavy atom. The molecule has 0 aromatic heterocycles. The topological polar surface area (TPSA) is 63.4 Å². The van der Waals surface area contributed by atoms with E-state index in [0.717, 1.165) is 0 Å². The molecule has 0 bridgehead atoms. The molecule has 0 amide bonds. The van der Waals surface area contributed by atoms with Crippen molar-refractivity contribution in [1.82, 2.24) is 0 Å². The van der Waals surface area contributed by atoms with Crippen LogP contribution in [0.15, 0.2) is 24.3 Å². The highest BCUT2D eigenvalue weighted by atomic mass is 35.5. The minimum atomic E-state index is -0.508. The lowest BCUT2D eigenvalue weighted by atomic mass is 10.2. The van der Waals surface area contributed by atoms with Crippen LogP contribution in [0, 0.1) is 10.1 Å². The maximum absolute atomic E-state index is 10.3. The van der Waals surface area contributed by atoms with Gasteiger partial charge in [-0.15, -0.1) is 12.4 Å². The molecule has 0 radical (unpaired) electrons. The fourth-order valence-electron chi connectivity index (χ4n) is 0.823. The first-order chi connectivity index (χ1) is 5.25. The van der Waals surface area contributed by atoms with E-state index < -0.39 is 4.92 Å². The molecule has 5 heteroatoms. The minimum absolute atomic E-state index is 0. The van der Waals surface area contributed by atoms with Gasteiger partial charge in [-0.3, -0.25) is 10.1 Å². The third-order valence-electron chi connectivity index (χ3n) is 1.36. The van der Waals surface area contributed by atoms with Gasteiger partial charge in [-0.05, 0) is 6.07 Å². The summed E-state index contributed by atoms with van der Waals surface area (Å²) in [4.78, 5) is 9.77. The predicted octanol–water partition coefficient (Wildman–Crippen LogP) is 1.51. The van der Waals surface area contributed by atoms with Crippen LogP contribution >= 0.6 is 12.4 Å². The smallest absolute Gasteiger partial charge is 0.274 e. The molecule has 0 spiro atoms. The standard InChI is InChI=1S/C7H7NO3.ClH/c9-5-6-3-1-2-4-7(6)8(10)11;/h1-4,9H,5H2;1H. The van der Waals surface area contributed by atoms with Crippen molar-refractivity contribution >= 4 is 18.1 Å². The van der Waals surface area contributed by atoms with E-state index in [1.807, 2.05) is 0 Å². The summed E-state index contributed by atoms with van der Waals surface area (Å²) in [5.41, 5.74) is 0.313. The van der Waals surface area contributed by atoms with Crippen LogP contribution < -0.4 is 0 Å². The van der Waals surface area contributed by atoms with Crippen LogP contribution in [0.2, 0.25) is 0 Å². The normalized spacial score (nSPS) is 8.75. The molecular weight excluding hydrogens is 182 g/mol. The van der Waals surface area contributed by atoms with Gasteiger partial charge in [-0.25, -0.2) is 0 Å². The molecule has 0 saturated carbocycles. The molecule has 0 atom stereocenters. The van der Waals surface area contributed by atoms with Crippen LogP contribution in [0.4, 0.5) is 5.69 Å². The van der Waals surface area contributed by atoms with Crippen LogP contribution in [0.1, 0.15) is 5.56 Å². The third-order valence-corrected chi connectivity index (χ3v) is 1.36. The van der Waals surface area contributed by atoms with Crippen molar-refractivity contribution in [2.24, 2.45) is 0 Å². The molecule has 0 fully saturated rings. The van der Waals surface area contributed by atoms with Crippen molar-refractivity contribution < 1.29 is 10.0 Å². The van der Waals surface area contributed by atoms with Gasteiger partial charge in [0.05, 0.1) is 17.1 Å². The summed E-state index contributed by atoms with van der Waals surface area (Å²) in [6.07, 6.45) is 0. The van der Waals surface area contributed by atoms with Gasteiger partial charge in [0.2, 0.25) is 0 Å². The van der Waals surface area contributed by atoms with E-state index in [2.05, 4.69) is 0 Å². The van der Waals surface area contributed by atoms with Gasteiger partial charge < -0.3 is 5.11 Å². The molecule has 0 aliphatic carbocycles. The van der Waals surface area contributed by atoms with Crippen LogP contribution in [0.25, 0.3) is 0 Å². The number of nitro benzene ring substituents is 1. The van der Waals surface area contributed by atoms with Crippen LogP contribution in [0.5, 0.6) is 0 Å². The number of rotatable bonds is 2.